The van der Waals surface area contributed by atoms with Gasteiger partial charge in [0.2, 0.25) is 5.88 Å². The van der Waals surface area contributed by atoms with E-state index in [1.165, 1.54) is 0 Å². The van der Waals surface area contributed by atoms with E-state index in [1.807, 2.05) is 30.9 Å². The third-order valence-corrected chi connectivity index (χ3v) is 6.39. The smallest absolute Gasteiger partial charge is 0.295 e. The van der Waals surface area contributed by atoms with Gasteiger partial charge in [0.25, 0.3) is 11.8 Å². The van der Waals surface area contributed by atoms with Crippen LogP contribution in [0.5, 0.6) is 11.6 Å². The number of amides is 2. The molecule has 2 N–H and O–H groups in total. The molecule has 0 aliphatic carbocycles. The number of carbonyl (C=O) groups is 2. The summed E-state index contributed by atoms with van der Waals surface area (Å²) >= 11 is 0. The quantitative estimate of drug-likeness (QED) is 0.482. The number of aromatic nitrogens is 1. The van der Waals surface area contributed by atoms with Crippen molar-refractivity contribution in [3.63, 3.8) is 0 Å². The molecule has 2 heterocycles. The zero-order chi connectivity index (χ0) is 24.4. The molecule has 1 aliphatic heterocycles. The highest BCUT2D eigenvalue weighted by atomic mass is 16.5. The molecule has 0 unspecified atom stereocenters. The van der Waals surface area contributed by atoms with Crippen LogP contribution in [0.25, 0.3) is 10.9 Å². The van der Waals surface area contributed by atoms with E-state index in [-0.39, 0.29) is 36.2 Å². The molecule has 1 aromatic heterocycles. The minimum absolute atomic E-state index is 0.0299. The number of benzene rings is 2. The number of fused-ring (bicyclic) bond motifs is 1. The molecule has 8 heteroatoms. The summed E-state index contributed by atoms with van der Waals surface area (Å²) in [4.78, 5) is 29.9. The van der Waals surface area contributed by atoms with Gasteiger partial charge in [-0.25, -0.2) is 0 Å². The van der Waals surface area contributed by atoms with Gasteiger partial charge in [0.15, 0.2) is 12.3 Å². The van der Waals surface area contributed by atoms with Crippen LogP contribution in [0.3, 0.4) is 0 Å². The molecule has 2 aromatic carbocycles. The minimum Gasteiger partial charge on any atom is -0.493 e. The van der Waals surface area contributed by atoms with E-state index in [0.29, 0.717) is 16.7 Å². The number of rotatable bonds is 5. The zero-order valence-corrected chi connectivity index (χ0v) is 20.0. The molecule has 34 heavy (non-hydrogen) atoms. The van der Waals surface area contributed by atoms with Gasteiger partial charge in [0.05, 0.1) is 5.52 Å². The number of likely N-dealkylation sites (tertiary alicyclic amines) is 1. The monoisotopic (exact) mass is 462 g/mol. The number of H-pyrrole nitrogens is 1. The normalized spacial score (nSPS) is 18.5. The van der Waals surface area contributed by atoms with Crippen molar-refractivity contribution < 1.29 is 19.4 Å². The lowest BCUT2D eigenvalue weighted by Gasteiger charge is -2.38. The molecule has 8 nitrogen and oxygen atoms in total. The fourth-order valence-electron chi connectivity index (χ4n) is 4.71. The number of carbonyl (C=O) groups excluding carboxylic acids is 2. The van der Waals surface area contributed by atoms with Gasteiger partial charge in [-0.3, -0.25) is 9.59 Å². The van der Waals surface area contributed by atoms with Crippen LogP contribution in [0.1, 0.15) is 54.6 Å². The van der Waals surface area contributed by atoms with Crippen molar-refractivity contribution >= 4 is 28.4 Å². The number of aryl methyl sites for hydroxylation is 2. The molecule has 0 spiro atoms. The summed E-state index contributed by atoms with van der Waals surface area (Å²) in [6.07, 6.45) is 3.16. The summed E-state index contributed by atoms with van der Waals surface area (Å²) in [6.45, 7) is 7.98. The zero-order valence-electron chi connectivity index (χ0n) is 20.0. The van der Waals surface area contributed by atoms with Gasteiger partial charge in [-0.2, -0.15) is 0 Å². The van der Waals surface area contributed by atoms with Gasteiger partial charge in [-0.05, 0) is 82.9 Å². The van der Waals surface area contributed by atoms with E-state index in [0.717, 1.165) is 35.9 Å². The fraction of sp³-hybridized carbons (Fsp3) is 0.385. The maximum absolute atomic E-state index is 12.6. The fourth-order valence-corrected chi connectivity index (χ4v) is 4.71. The average molecular weight is 463 g/mol. The minimum atomic E-state index is -0.545. The number of azo groups is 1. The number of nitrogens with one attached hydrogen (secondary N) is 1. The Labute approximate surface area is 198 Å². The second-order valence-electron chi connectivity index (χ2n) is 9.07. The highest BCUT2D eigenvalue weighted by Crippen LogP contribution is 2.37. The van der Waals surface area contributed by atoms with Gasteiger partial charge >= 0.3 is 0 Å². The van der Waals surface area contributed by atoms with Gasteiger partial charge in [-0.1, -0.05) is 11.6 Å². The Morgan fingerprint density at radius 3 is 2.47 bits per heavy atom. The number of piperidine rings is 1. The first-order valence-electron chi connectivity index (χ1n) is 11.6. The Balaban J connectivity index is 1.41. The van der Waals surface area contributed by atoms with E-state index in [9.17, 15) is 14.7 Å². The maximum Gasteiger partial charge on any atom is 0.295 e. The number of ether oxygens (including phenoxy) is 1. The molecule has 0 saturated carbocycles. The number of hydrogen-bond acceptors (Lipinski definition) is 5. The summed E-state index contributed by atoms with van der Waals surface area (Å²) in [5.74, 6) is -0.209. The summed E-state index contributed by atoms with van der Waals surface area (Å²) in [5.41, 5.74) is 3.30. The van der Waals surface area contributed by atoms with E-state index < -0.39 is 5.91 Å². The highest BCUT2D eigenvalue weighted by Gasteiger charge is 2.29. The molecule has 0 bridgehead atoms. The van der Waals surface area contributed by atoms with E-state index in [4.69, 9.17) is 4.74 Å². The molecular formula is C26H30N4O4. The van der Waals surface area contributed by atoms with Crippen molar-refractivity contribution in [3.05, 3.63) is 53.1 Å². The van der Waals surface area contributed by atoms with Crippen LogP contribution in [-0.4, -0.2) is 45.5 Å². The predicted molar refractivity (Wildman–Crippen MR) is 130 cm³/mol. The number of hydrogen-bond donors (Lipinski definition) is 2. The molecule has 178 valence electrons. The lowest BCUT2D eigenvalue weighted by atomic mass is 9.97. The van der Waals surface area contributed by atoms with Gasteiger partial charge < -0.3 is 19.7 Å². The van der Waals surface area contributed by atoms with Crippen LogP contribution in [0.4, 0.5) is 5.69 Å². The van der Waals surface area contributed by atoms with Crippen LogP contribution >= 0.6 is 0 Å². The molecule has 3 aromatic rings. The van der Waals surface area contributed by atoms with Crippen LogP contribution in [-0.2, 0) is 4.79 Å². The standard InChI is InChI=1S/C26H30N4O4/c1-15-12-16(2)23-21(13-15)24(26(33)27-23)28-29-25(32)19-8-10-20(11-9-19)34-14-22(31)30-17(3)6-5-7-18(30)4/h8-13,17-18,27,33H,5-7,14H2,1-4H3/t17-,18+. The average Bonchev–Trinajstić information content (AvgIpc) is 3.11. The summed E-state index contributed by atoms with van der Waals surface area (Å²) in [6, 6.07) is 10.7. The third kappa shape index (κ3) is 4.81. The van der Waals surface area contributed by atoms with E-state index in [2.05, 4.69) is 29.1 Å². The molecule has 0 radical (unpaired) electrons. The largest absolute Gasteiger partial charge is 0.493 e. The topological polar surface area (TPSA) is 107 Å². The summed E-state index contributed by atoms with van der Waals surface area (Å²) in [5, 5.41) is 18.7. The number of nitrogens with zero attached hydrogens (tertiary/aromatic N) is 3. The van der Waals surface area contributed by atoms with E-state index >= 15 is 0 Å². The van der Waals surface area contributed by atoms with Gasteiger partial charge in [0.1, 0.15) is 5.75 Å². The predicted octanol–water partition coefficient (Wildman–Crippen LogP) is 5.58. The van der Waals surface area contributed by atoms with Crippen molar-refractivity contribution in [2.24, 2.45) is 10.2 Å². The van der Waals surface area contributed by atoms with Crippen molar-refractivity contribution in [3.8, 4) is 11.6 Å². The third-order valence-electron chi connectivity index (χ3n) is 6.39. The molecule has 2 atom stereocenters. The SMILES string of the molecule is Cc1cc(C)c2[nH]c(O)c(N=NC(=O)c3ccc(OCC(=O)N4[C@H](C)CCC[C@@H]4C)cc3)c2c1. The molecule has 2 amide bonds. The summed E-state index contributed by atoms with van der Waals surface area (Å²) < 4.78 is 5.66. The second-order valence-corrected chi connectivity index (χ2v) is 9.07. The Kier molecular flexibility index (Phi) is 6.68. The van der Waals surface area contributed by atoms with Crippen LogP contribution in [0.2, 0.25) is 0 Å². The highest BCUT2D eigenvalue weighted by molar-refractivity contribution is 5.98. The maximum atomic E-state index is 12.6. The van der Waals surface area contributed by atoms with Gasteiger partial charge in [-0.15, -0.1) is 10.2 Å². The first kappa shape index (κ1) is 23.5. The Hall–Kier alpha value is -3.68. The van der Waals surface area contributed by atoms with E-state index in [1.54, 1.807) is 24.3 Å². The Morgan fingerprint density at radius 1 is 1.12 bits per heavy atom. The molecule has 1 saturated heterocycles. The van der Waals surface area contributed by atoms with Crippen LogP contribution in [0, 0.1) is 13.8 Å². The van der Waals surface area contributed by atoms with Crippen molar-refractivity contribution in [1.29, 1.82) is 0 Å². The number of aromatic amines is 1. The van der Waals surface area contributed by atoms with Crippen LogP contribution < -0.4 is 4.74 Å². The van der Waals surface area contributed by atoms with Crippen molar-refractivity contribution in [1.82, 2.24) is 9.88 Å². The molecular weight excluding hydrogens is 432 g/mol. The van der Waals surface area contributed by atoms with Gasteiger partial charge in [0, 0.05) is 23.0 Å². The molecule has 1 fully saturated rings. The number of aromatic hydroxyl groups is 1. The summed E-state index contributed by atoms with van der Waals surface area (Å²) in [7, 11) is 0. The molecule has 1 aliphatic rings. The first-order valence-corrected chi connectivity index (χ1v) is 11.6. The lowest BCUT2D eigenvalue weighted by molar-refractivity contribution is -0.139. The molecule has 4 rings (SSSR count). The first-order chi connectivity index (χ1) is 16.2. The Bertz CT molecular complexity index is 1240. The van der Waals surface area contributed by atoms with Crippen LogP contribution in [0.15, 0.2) is 46.6 Å². The van der Waals surface area contributed by atoms with Crippen molar-refractivity contribution in [2.45, 2.75) is 59.0 Å². The Morgan fingerprint density at radius 2 is 1.79 bits per heavy atom. The second kappa shape index (κ2) is 9.67. The lowest BCUT2D eigenvalue weighted by Crippen LogP contribution is -2.49. The van der Waals surface area contributed by atoms with Crippen molar-refractivity contribution in [2.75, 3.05) is 6.61 Å².